The third-order valence-electron chi connectivity index (χ3n) is 4.35. The van der Waals surface area contributed by atoms with Gasteiger partial charge in [0, 0.05) is 4.83 Å². The predicted molar refractivity (Wildman–Crippen MR) is 76.0 cm³/mol. The molecule has 0 saturated carbocycles. The van der Waals surface area contributed by atoms with Crippen LogP contribution in [0.5, 0.6) is 0 Å². The molecule has 86 valence electrons. The van der Waals surface area contributed by atoms with E-state index in [4.69, 9.17) is 0 Å². The van der Waals surface area contributed by atoms with Gasteiger partial charge in [-0.3, -0.25) is 0 Å². The molecule has 0 spiro atoms. The molecule has 1 heteroatoms. The maximum absolute atomic E-state index is 3.84. The third kappa shape index (κ3) is 1.35. The molecule has 1 atom stereocenters. The Morgan fingerprint density at radius 2 is 1.47 bits per heavy atom. The first kappa shape index (κ1) is 10.1. The van der Waals surface area contributed by atoms with Gasteiger partial charge in [-0.05, 0) is 65.1 Å². The molecule has 0 N–H and O–H groups in total. The van der Waals surface area contributed by atoms with E-state index in [1.165, 1.54) is 37.7 Å². The Kier molecular flexibility index (Phi) is 2.14. The van der Waals surface area contributed by atoms with Gasteiger partial charge in [-0.15, -0.1) is 0 Å². The van der Waals surface area contributed by atoms with Gasteiger partial charge in [0.1, 0.15) is 0 Å². The second-order valence-corrected chi connectivity index (χ2v) is 6.41. The average Bonchev–Trinajstić information content (AvgIpc) is 2.38. The van der Waals surface area contributed by atoms with Crippen molar-refractivity contribution in [2.24, 2.45) is 0 Å². The minimum Gasteiger partial charge on any atom is -0.0838 e. The van der Waals surface area contributed by atoms with Gasteiger partial charge >= 0.3 is 0 Å². The smallest absolute Gasteiger partial charge is 0.0404 e. The summed E-state index contributed by atoms with van der Waals surface area (Å²) in [4.78, 5) is 0.557. The molecule has 0 fully saturated rings. The highest BCUT2D eigenvalue weighted by Crippen LogP contribution is 2.43. The quantitative estimate of drug-likeness (QED) is 0.615. The van der Waals surface area contributed by atoms with Crippen molar-refractivity contribution in [3.63, 3.8) is 0 Å². The molecule has 0 saturated heterocycles. The lowest BCUT2D eigenvalue weighted by atomic mass is 9.80. The zero-order chi connectivity index (χ0) is 11.4. The molecule has 0 heterocycles. The van der Waals surface area contributed by atoms with E-state index in [1.807, 2.05) is 0 Å². The van der Waals surface area contributed by atoms with E-state index < -0.39 is 0 Å². The predicted octanol–water partition coefficient (Wildman–Crippen LogP) is 4.71. The lowest BCUT2D eigenvalue weighted by Crippen LogP contribution is -2.09. The van der Waals surface area contributed by atoms with Crippen molar-refractivity contribution in [2.45, 2.75) is 36.9 Å². The van der Waals surface area contributed by atoms with Crippen molar-refractivity contribution < 1.29 is 0 Å². The lowest BCUT2D eigenvalue weighted by molar-refractivity contribution is 0.782. The van der Waals surface area contributed by atoms with Crippen molar-refractivity contribution in [1.29, 1.82) is 0 Å². The van der Waals surface area contributed by atoms with E-state index in [2.05, 4.69) is 40.2 Å². The Morgan fingerprint density at radius 3 is 2.24 bits per heavy atom. The molecule has 2 aromatic rings. The summed E-state index contributed by atoms with van der Waals surface area (Å²) in [7, 11) is 0. The van der Waals surface area contributed by atoms with Crippen LogP contribution in [0.15, 0.2) is 24.3 Å². The summed E-state index contributed by atoms with van der Waals surface area (Å²) in [6.07, 6.45) is 6.31. The van der Waals surface area contributed by atoms with Gasteiger partial charge in [0.25, 0.3) is 0 Å². The number of rotatable bonds is 0. The van der Waals surface area contributed by atoms with Crippen molar-refractivity contribution in [2.75, 3.05) is 0 Å². The summed E-state index contributed by atoms with van der Waals surface area (Å²) in [5.74, 6) is 0. The normalized spacial score (nSPS) is 21.8. The standard InChI is InChI=1S/C16H15Br/c17-14-9-7-12-5-4-10-2-1-3-11-6-8-13(14)16(12)15(10)11/h4-6,8,14H,1-3,7,9H2. The van der Waals surface area contributed by atoms with Gasteiger partial charge in [0.05, 0.1) is 0 Å². The van der Waals surface area contributed by atoms with Crippen LogP contribution in [0, 0.1) is 0 Å². The summed E-state index contributed by atoms with van der Waals surface area (Å²) < 4.78 is 0. The Bertz CT molecular complexity index is 602. The zero-order valence-corrected chi connectivity index (χ0v) is 11.4. The van der Waals surface area contributed by atoms with E-state index >= 15 is 0 Å². The first-order valence-corrected chi connectivity index (χ1v) is 7.46. The molecular formula is C16H15Br. The topological polar surface area (TPSA) is 0 Å². The summed E-state index contributed by atoms with van der Waals surface area (Å²) >= 11 is 3.84. The van der Waals surface area contributed by atoms with Crippen LogP contribution in [0.1, 0.15) is 39.9 Å². The molecule has 2 aliphatic rings. The highest BCUT2D eigenvalue weighted by molar-refractivity contribution is 9.09. The molecular weight excluding hydrogens is 272 g/mol. The van der Waals surface area contributed by atoms with Crippen LogP contribution < -0.4 is 0 Å². The van der Waals surface area contributed by atoms with E-state index in [9.17, 15) is 0 Å². The van der Waals surface area contributed by atoms with Crippen LogP contribution >= 0.6 is 15.9 Å². The molecule has 0 nitrogen and oxygen atoms in total. The highest BCUT2D eigenvalue weighted by atomic mass is 79.9. The number of aryl methyl sites for hydroxylation is 3. The van der Waals surface area contributed by atoms with E-state index in [0.29, 0.717) is 4.83 Å². The fourth-order valence-corrected chi connectivity index (χ4v) is 4.15. The molecule has 2 aliphatic carbocycles. The number of hydrogen-bond donors (Lipinski definition) is 0. The maximum Gasteiger partial charge on any atom is 0.0404 e. The van der Waals surface area contributed by atoms with Crippen molar-refractivity contribution in [3.8, 4) is 0 Å². The SMILES string of the molecule is BrC1CCc2ccc3c4c(ccc1c24)CCC3. The molecule has 0 amide bonds. The number of hydrogen-bond acceptors (Lipinski definition) is 0. The molecule has 17 heavy (non-hydrogen) atoms. The van der Waals surface area contributed by atoms with Gasteiger partial charge < -0.3 is 0 Å². The summed E-state index contributed by atoms with van der Waals surface area (Å²) in [6.45, 7) is 0. The van der Waals surface area contributed by atoms with Crippen LogP contribution in [-0.2, 0) is 19.3 Å². The third-order valence-corrected chi connectivity index (χ3v) is 5.30. The maximum atomic E-state index is 3.84. The van der Waals surface area contributed by atoms with Crippen LogP contribution in [0.3, 0.4) is 0 Å². The first-order valence-electron chi connectivity index (χ1n) is 6.55. The number of benzene rings is 2. The van der Waals surface area contributed by atoms with Crippen molar-refractivity contribution in [1.82, 2.24) is 0 Å². The second kappa shape index (κ2) is 3.58. The summed E-state index contributed by atoms with van der Waals surface area (Å²) in [6, 6.07) is 9.46. The molecule has 0 radical (unpaired) electrons. The fourth-order valence-electron chi connectivity index (χ4n) is 3.54. The zero-order valence-electron chi connectivity index (χ0n) is 9.80. The highest BCUT2D eigenvalue weighted by Gasteiger charge is 2.23. The van der Waals surface area contributed by atoms with Crippen LogP contribution in [0.2, 0.25) is 0 Å². The number of halogens is 1. The lowest BCUT2D eigenvalue weighted by Gasteiger charge is -2.26. The van der Waals surface area contributed by atoms with Crippen molar-refractivity contribution >= 4 is 26.7 Å². The molecule has 4 rings (SSSR count). The minimum absolute atomic E-state index is 0.557. The van der Waals surface area contributed by atoms with Crippen molar-refractivity contribution in [3.05, 3.63) is 46.5 Å². The summed E-state index contributed by atoms with van der Waals surface area (Å²) in [5.41, 5.74) is 6.24. The van der Waals surface area contributed by atoms with Crippen LogP contribution in [0.4, 0.5) is 0 Å². The molecule has 1 unspecified atom stereocenters. The average molecular weight is 287 g/mol. The van der Waals surface area contributed by atoms with Gasteiger partial charge in [-0.1, -0.05) is 40.2 Å². The van der Waals surface area contributed by atoms with E-state index in [-0.39, 0.29) is 0 Å². The fraction of sp³-hybridized carbons (Fsp3) is 0.375. The molecule has 0 aromatic heterocycles. The van der Waals surface area contributed by atoms with Gasteiger partial charge in [-0.2, -0.15) is 0 Å². The van der Waals surface area contributed by atoms with Crippen LogP contribution in [-0.4, -0.2) is 0 Å². The largest absolute Gasteiger partial charge is 0.0838 e. The minimum atomic E-state index is 0.557. The Hall–Kier alpha value is -0.820. The van der Waals surface area contributed by atoms with E-state index in [0.717, 1.165) is 0 Å². The van der Waals surface area contributed by atoms with Gasteiger partial charge in [0.2, 0.25) is 0 Å². The Labute approximate surface area is 110 Å². The first-order chi connectivity index (χ1) is 8.34. The monoisotopic (exact) mass is 286 g/mol. The molecule has 0 bridgehead atoms. The van der Waals surface area contributed by atoms with Gasteiger partial charge in [0.15, 0.2) is 0 Å². The number of alkyl halides is 1. The Balaban J connectivity index is 2.19. The van der Waals surface area contributed by atoms with Crippen LogP contribution in [0.25, 0.3) is 10.8 Å². The second-order valence-electron chi connectivity index (χ2n) is 5.31. The molecule has 2 aromatic carbocycles. The van der Waals surface area contributed by atoms with E-state index in [1.54, 1.807) is 27.5 Å². The summed E-state index contributed by atoms with van der Waals surface area (Å²) in [5, 5.41) is 3.17. The Morgan fingerprint density at radius 1 is 0.824 bits per heavy atom. The van der Waals surface area contributed by atoms with Gasteiger partial charge in [-0.25, -0.2) is 0 Å². The molecule has 0 aliphatic heterocycles.